The van der Waals surface area contributed by atoms with Gasteiger partial charge in [0.2, 0.25) is 0 Å². The molecule has 0 atom stereocenters. The minimum absolute atomic E-state index is 0.208. The van der Waals surface area contributed by atoms with Crippen molar-refractivity contribution in [2.45, 2.75) is 6.42 Å². The van der Waals surface area contributed by atoms with E-state index in [2.05, 4.69) is 10.2 Å². The number of methoxy groups -OCH3 is 1. The van der Waals surface area contributed by atoms with E-state index in [4.69, 9.17) is 4.74 Å². The van der Waals surface area contributed by atoms with E-state index in [1.165, 1.54) is 7.11 Å². The van der Waals surface area contributed by atoms with Gasteiger partial charge < -0.3 is 9.84 Å². The molecular weight excluding hydrogens is 270 g/mol. The SMILES string of the molecule is COC(=O)c1cccc2nnc(Cc3ccc(O)cc3)n12. The Hall–Kier alpha value is -2.89. The molecular formula is C15H13N3O3. The molecule has 1 aromatic carbocycles. The molecule has 0 aliphatic rings. The summed E-state index contributed by atoms with van der Waals surface area (Å²) in [6.07, 6.45) is 0.495. The Morgan fingerprint density at radius 3 is 2.67 bits per heavy atom. The molecule has 21 heavy (non-hydrogen) atoms. The standard InChI is InChI=1S/C15H13N3O3/c1-21-15(20)12-3-2-4-13-16-17-14(18(12)13)9-10-5-7-11(19)8-6-10/h2-8,19H,9H2,1H3. The number of benzene rings is 1. The molecule has 0 radical (unpaired) electrons. The Balaban J connectivity index is 2.06. The van der Waals surface area contributed by atoms with Gasteiger partial charge in [0.05, 0.1) is 7.11 Å². The van der Waals surface area contributed by atoms with Crippen LogP contribution < -0.4 is 0 Å². The molecule has 0 aliphatic carbocycles. The second-order valence-corrected chi connectivity index (χ2v) is 4.56. The maximum atomic E-state index is 11.8. The molecule has 2 aromatic heterocycles. The molecule has 1 N–H and O–H groups in total. The fourth-order valence-corrected chi connectivity index (χ4v) is 2.18. The first kappa shape index (κ1) is 13.1. The van der Waals surface area contributed by atoms with Gasteiger partial charge in [-0.15, -0.1) is 10.2 Å². The number of pyridine rings is 1. The first-order valence-electron chi connectivity index (χ1n) is 6.38. The van der Waals surface area contributed by atoms with Crippen LogP contribution in [0.15, 0.2) is 42.5 Å². The molecule has 3 rings (SSSR count). The van der Waals surface area contributed by atoms with Crippen molar-refractivity contribution < 1.29 is 14.6 Å². The first-order chi connectivity index (χ1) is 10.2. The van der Waals surface area contributed by atoms with Crippen LogP contribution >= 0.6 is 0 Å². The van der Waals surface area contributed by atoms with Crippen molar-refractivity contribution in [3.05, 3.63) is 59.5 Å². The van der Waals surface area contributed by atoms with E-state index in [9.17, 15) is 9.90 Å². The lowest BCUT2D eigenvalue weighted by molar-refractivity contribution is 0.0592. The maximum absolute atomic E-state index is 11.8. The molecule has 2 heterocycles. The van der Waals surface area contributed by atoms with E-state index in [1.54, 1.807) is 46.9 Å². The fraction of sp³-hybridized carbons (Fsp3) is 0.133. The van der Waals surface area contributed by atoms with Crippen molar-refractivity contribution >= 4 is 11.6 Å². The molecule has 0 unspecified atom stereocenters. The van der Waals surface area contributed by atoms with E-state index in [0.29, 0.717) is 23.6 Å². The van der Waals surface area contributed by atoms with Crippen molar-refractivity contribution in [2.24, 2.45) is 0 Å². The van der Waals surface area contributed by atoms with Gasteiger partial charge in [-0.25, -0.2) is 4.79 Å². The van der Waals surface area contributed by atoms with Crippen molar-refractivity contribution in [1.29, 1.82) is 0 Å². The Bertz CT molecular complexity index is 794. The number of esters is 1. The molecule has 0 aliphatic heterocycles. The van der Waals surface area contributed by atoms with E-state index < -0.39 is 5.97 Å². The number of rotatable bonds is 3. The number of phenolic OH excluding ortho intramolecular Hbond substituents is 1. The third kappa shape index (κ3) is 2.43. The van der Waals surface area contributed by atoms with Crippen molar-refractivity contribution in [3.8, 4) is 5.75 Å². The molecule has 0 bridgehead atoms. The van der Waals surface area contributed by atoms with Gasteiger partial charge in [-0.2, -0.15) is 0 Å². The highest BCUT2D eigenvalue weighted by Gasteiger charge is 2.15. The minimum atomic E-state index is -0.438. The van der Waals surface area contributed by atoms with Gasteiger partial charge in [-0.05, 0) is 29.8 Å². The van der Waals surface area contributed by atoms with Crippen LogP contribution in [0.5, 0.6) is 5.75 Å². The second kappa shape index (κ2) is 5.24. The number of carbonyl (C=O) groups excluding carboxylic acids is 1. The van der Waals surface area contributed by atoms with Crippen molar-refractivity contribution in [2.75, 3.05) is 7.11 Å². The molecule has 0 saturated carbocycles. The molecule has 0 spiro atoms. The molecule has 6 nitrogen and oxygen atoms in total. The third-order valence-electron chi connectivity index (χ3n) is 3.19. The lowest BCUT2D eigenvalue weighted by Crippen LogP contribution is -2.10. The van der Waals surface area contributed by atoms with Gasteiger partial charge in [-0.3, -0.25) is 4.40 Å². The highest BCUT2D eigenvalue weighted by Crippen LogP contribution is 2.15. The van der Waals surface area contributed by atoms with Crippen molar-refractivity contribution in [3.63, 3.8) is 0 Å². The number of phenols is 1. The van der Waals surface area contributed by atoms with E-state index in [0.717, 1.165) is 5.56 Å². The number of ether oxygens (including phenoxy) is 1. The Morgan fingerprint density at radius 2 is 1.95 bits per heavy atom. The smallest absolute Gasteiger partial charge is 0.355 e. The zero-order valence-electron chi connectivity index (χ0n) is 11.4. The van der Waals surface area contributed by atoms with Crippen LogP contribution in [0, 0.1) is 0 Å². The summed E-state index contributed by atoms with van der Waals surface area (Å²) < 4.78 is 6.47. The van der Waals surface area contributed by atoms with Crippen LogP contribution in [0.4, 0.5) is 0 Å². The third-order valence-corrected chi connectivity index (χ3v) is 3.19. The summed E-state index contributed by atoms with van der Waals surface area (Å²) in [5.41, 5.74) is 1.93. The lowest BCUT2D eigenvalue weighted by Gasteiger charge is -2.06. The highest BCUT2D eigenvalue weighted by molar-refractivity contribution is 5.88. The Kier molecular flexibility index (Phi) is 3.27. The van der Waals surface area contributed by atoms with Gasteiger partial charge in [-0.1, -0.05) is 18.2 Å². The van der Waals surface area contributed by atoms with Crippen LogP contribution in [0.1, 0.15) is 21.9 Å². The summed E-state index contributed by atoms with van der Waals surface area (Å²) >= 11 is 0. The largest absolute Gasteiger partial charge is 0.508 e. The molecule has 0 saturated heterocycles. The summed E-state index contributed by atoms with van der Waals surface area (Å²) in [5, 5.41) is 17.5. The average molecular weight is 283 g/mol. The zero-order chi connectivity index (χ0) is 14.8. The normalized spacial score (nSPS) is 10.7. The van der Waals surface area contributed by atoms with Crippen molar-refractivity contribution in [1.82, 2.24) is 14.6 Å². The topological polar surface area (TPSA) is 76.7 Å². The first-order valence-corrected chi connectivity index (χ1v) is 6.38. The number of carbonyl (C=O) groups is 1. The van der Waals surface area contributed by atoms with Gasteiger partial charge in [0.1, 0.15) is 17.3 Å². The number of aromatic nitrogens is 3. The van der Waals surface area contributed by atoms with Crippen LogP contribution in [-0.2, 0) is 11.2 Å². The van der Waals surface area contributed by atoms with Gasteiger partial charge >= 0.3 is 5.97 Å². The monoisotopic (exact) mass is 283 g/mol. The average Bonchev–Trinajstić information content (AvgIpc) is 2.92. The van der Waals surface area contributed by atoms with Crippen LogP contribution in [0.2, 0.25) is 0 Å². The van der Waals surface area contributed by atoms with E-state index >= 15 is 0 Å². The van der Waals surface area contributed by atoms with Gasteiger partial charge in [0.25, 0.3) is 0 Å². The summed E-state index contributed by atoms with van der Waals surface area (Å²) in [6, 6.07) is 12.0. The number of aromatic hydroxyl groups is 1. The number of hydrogen-bond donors (Lipinski definition) is 1. The summed E-state index contributed by atoms with van der Waals surface area (Å²) in [4.78, 5) is 11.8. The van der Waals surface area contributed by atoms with Crippen LogP contribution in [0.25, 0.3) is 5.65 Å². The van der Waals surface area contributed by atoms with Gasteiger partial charge in [0.15, 0.2) is 5.65 Å². The van der Waals surface area contributed by atoms with Crippen LogP contribution in [-0.4, -0.2) is 32.8 Å². The highest BCUT2D eigenvalue weighted by atomic mass is 16.5. The fourth-order valence-electron chi connectivity index (χ4n) is 2.18. The quantitative estimate of drug-likeness (QED) is 0.742. The Morgan fingerprint density at radius 1 is 1.19 bits per heavy atom. The summed E-state index contributed by atoms with van der Waals surface area (Å²) in [6.45, 7) is 0. The summed E-state index contributed by atoms with van der Waals surface area (Å²) in [5.74, 6) is 0.407. The molecule has 0 amide bonds. The minimum Gasteiger partial charge on any atom is -0.508 e. The predicted octanol–water partition coefficient (Wildman–Crippen LogP) is 1.81. The summed E-state index contributed by atoms with van der Waals surface area (Å²) in [7, 11) is 1.34. The molecule has 0 fully saturated rings. The predicted molar refractivity (Wildman–Crippen MR) is 75.2 cm³/mol. The zero-order valence-corrected chi connectivity index (χ0v) is 11.4. The molecule has 6 heteroatoms. The number of nitrogens with zero attached hydrogens (tertiary/aromatic N) is 3. The number of fused-ring (bicyclic) bond motifs is 1. The maximum Gasteiger partial charge on any atom is 0.355 e. The van der Waals surface area contributed by atoms with E-state index in [-0.39, 0.29) is 5.75 Å². The van der Waals surface area contributed by atoms with Gasteiger partial charge in [0, 0.05) is 6.42 Å². The Labute approximate surface area is 120 Å². The molecule has 106 valence electrons. The second-order valence-electron chi connectivity index (χ2n) is 4.56. The van der Waals surface area contributed by atoms with E-state index in [1.807, 2.05) is 0 Å². The van der Waals surface area contributed by atoms with Crippen LogP contribution in [0.3, 0.4) is 0 Å². The number of hydrogen-bond acceptors (Lipinski definition) is 5. The molecule has 3 aromatic rings. The lowest BCUT2D eigenvalue weighted by atomic mass is 10.1.